The highest BCUT2D eigenvalue weighted by molar-refractivity contribution is 5.93. The minimum absolute atomic E-state index is 0.0269. The smallest absolute Gasteiger partial charge is 0.371 e. The van der Waals surface area contributed by atoms with E-state index in [9.17, 15) is 18.4 Å². The number of amides is 1. The van der Waals surface area contributed by atoms with Crippen molar-refractivity contribution in [2.24, 2.45) is 0 Å². The SMILES string of the molecule is CN(Cc1ccc(F)c(F)c1)C(=O)c1ccc(C(=O)O)o1. The van der Waals surface area contributed by atoms with E-state index in [0.717, 1.165) is 12.1 Å². The molecule has 0 fully saturated rings. The molecule has 21 heavy (non-hydrogen) atoms. The Balaban J connectivity index is 2.11. The van der Waals surface area contributed by atoms with Gasteiger partial charge < -0.3 is 14.4 Å². The van der Waals surface area contributed by atoms with Gasteiger partial charge in [0.15, 0.2) is 17.4 Å². The quantitative estimate of drug-likeness (QED) is 0.941. The molecular formula is C14H11F2NO4. The topological polar surface area (TPSA) is 70.8 Å². The summed E-state index contributed by atoms with van der Waals surface area (Å²) < 4.78 is 30.8. The third kappa shape index (κ3) is 3.25. The Hall–Kier alpha value is -2.70. The second-order valence-electron chi connectivity index (χ2n) is 4.38. The summed E-state index contributed by atoms with van der Waals surface area (Å²) in [5.41, 5.74) is 0.398. The van der Waals surface area contributed by atoms with Crippen LogP contribution in [0.3, 0.4) is 0 Å². The van der Waals surface area contributed by atoms with Crippen molar-refractivity contribution in [3.8, 4) is 0 Å². The van der Waals surface area contributed by atoms with E-state index in [1.165, 1.54) is 30.1 Å². The number of benzene rings is 1. The summed E-state index contributed by atoms with van der Waals surface area (Å²) in [6.07, 6.45) is 0. The Morgan fingerprint density at radius 1 is 1.14 bits per heavy atom. The fourth-order valence-corrected chi connectivity index (χ4v) is 1.74. The first kappa shape index (κ1) is 14.7. The van der Waals surface area contributed by atoms with Crippen molar-refractivity contribution in [2.45, 2.75) is 6.54 Å². The number of carbonyl (C=O) groups excluding carboxylic acids is 1. The van der Waals surface area contributed by atoms with Crippen molar-refractivity contribution in [3.05, 3.63) is 59.1 Å². The molecule has 110 valence electrons. The second kappa shape index (κ2) is 5.74. The lowest BCUT2D eigenvalue weighted by molar-refractivity contribution is 0.0653. The number of furan rings is 1. The highest BCUT2D eigenvalue weighted by atomic mass is 19.2. The predicted octanol–water partition coefficient (Wildman–Crippen LogP) is 2.53. The molecule has 5 nitrogen and oxygen atoms in total. The second-order valence-corrected chi connectivity index (χ2v) is 4.38. The molecule has 2 aromatic rings. The van der Waals surface area contributed by atoms with E-state index in [1.807, 2.05) is 0 Å². The van der Waals surface area contributed by atoms with Crippen LogP contribution in [-0.2, 0) is 6.54 Å². The van der Waals surface area contributed by atoms with Crippen LogP contribution < -0.4 is 0 Å². The zero-order valence-electron chi connectivity index (χ0n) is 11.0. The fourth-order valence-electron chi connectivity index (χ4n) is 1.74. The van der Waals surface area contributed by atoms with Crippen molar-refractivity contribution >= 4 is 11.9 Å². The first-order chi connectivity index (χ1) is 9.88. The molecule has 0 spiro atoms. The lowest BCUT2D eigenvalue weighted by atomic mass is 10.2. The van der Waals surface area contributed by atoms with E-state index in [1.54, 1.807) is 0 Å². The predicted molar refractivity (Wildman–Crippen MR) is 67.8 cm³/mol. The summed E-state index contributed by atoms with van der Waals surface area (Å²) in [5.74, 6) is -4.30. The monoisotopic (exact) mass is 295 g/mol. The van der Waals surface area contributed by atoms with E-state index < -0.39 is 23.5 Å². The molecule has 7 heteroatoms. The van der Waals surface area contributed by atoms with Crippen molar-refractivity contribution < 1.29 is 27.9 Å². The minimum Gasteiger partial charge on any atom is -0.475 e. The summed E-state index contributed by atoms with van der Waals surface area (Å²) in [7, 11) is 1.44. The summed E-state index contributed by atoms with van der Waals surface area (Å²) in [6.45, 7) is 0.0269. The molecule has 0 aliphatic rings. The number of rotatable bonds is 4. The Morgan fingerprint density at radius 2 is 1.81 bits per heavy atom. The van der Waals surface area contributed by atoms with Crippen LogP contribution in [0.15, 0.2) is 34.7 Å². The average Bonchev–Trinajstić information content (AvgIpc) is 2.92. The molecule has 0 saturated carbocycles. The van der Waals surface area contributed by atoms with Gasteiger partial charge in [-0.3, -0.25) is 4.79 Å². The number of hydrogen-bond acceptors (Lipinski definition) is 3. The van der Waals surface area contributed by atoms with Gasteiger partial charge in [0.05, 0.1) is 0 Å². The summed E-state index contributed by atoms with van der Waals surface area (Å²) in [6, 6.07) is 5.73. The molecule has 1 heterocycles. The molecule has 0 saturated heterocycles. The molecule has 0 bridgehead atoms. The van der Waals surface area contributed by atoms with Crippen molar-refractivity contribution in [2.75, 3.05) is 7.05 Å². The lowest BCUT2D eigenvalue weighted by Gasteiger charge is -2.15. The zero-order chi connectivity index (χ0) is 15.6. The third-order valence-electron chi connectivity index (χ3n) is 2.78. The van der Waals surface area contributed by atoms with Crippen LogP contribution in [0.25, 0.3) is 0 Å². The molecule has 1 aromatic heterocycles. The number of hydrogen-bond donors (Lipinski definition) is 1. The van der Waals surface area contributed by atoms with Gasteiger partial charge in [-0.15, -0.1) is 0 Å². The number of carboxylic acids is 1. The van der Waals surface area contributed by atoms with Crippen LogP contribution in [0, 0.1) is 11.6 Å². The molecule has 0 unspecified atom stereocenters. The maximum Gasteiger partial charge on any atom is 0.371 e. The molecule has 0 radical (unpaired) electrons. The van der Waals surface area contributed by atoms with Gasteiger partial charge in [0, 0.05) is 13.6 Å². The van der Waals surface area contributed by atoms with Gasteiger partial charge in [0.1, 0.15) is 0 Å². The highest BCUT2D eigenvalue weighted by Gasteiger charge is 2.18. The van der Waals surface area contributed by atoms with Gasteiger partial charge >= 0.3 is 5.97 Å². The Kier molecular flexibility index (Phi) is 4.02. The number of nitrogens with zero attached hydrogens (tertiary/aromatic N) is 1. The first-order valence-electron chi connectivity index (χ1n) is 5.91. The van der Waals surface area contributed by atoms with Gasteiger partial charge in [-0.2, -0.15) is 0 Å². The van der Waals surface area contributed by atoms with Crippen LogP contribution in [0.1, 0.15) is 26.7 Å². The highest BCUT2D eigenvalue weighted by Crippen LogP contribution is 2.14. The number of aromatic carboxylic acids is 1. The Bertz CT molecular complexity index is 696. The molecule has 1 N–H and O–H groups in total. The fraction of sp³-hybridized carbons (Fsp3) is 0.143. The van der Waals surface area contributed by atoms with Crippen molar-refractivity contribution in [1.29, 1.82) is 0 Å². The van der Waals surface area contributed by atoms with Gasteiger partial charge in [0.2, 0.25) is 5.76 Å². The maximum atomic E-state index is 13.1. The van der Waals surface area contributed by atoms with Crippen LogP contribution in [0.2, 0.25) is 0 Å². The van der Waals surface area contributed by atoms with E-state index in [0.29, 0.717) is 5.56 Å². The number of carboxylic acid groups (broad SMARTS) is 1. The molecule has 2 rings (SSSR count). The van der Waals surface area contributed by atoms with Crippen molar-refractivity contribution in [3.63, 3.8) is 0 Å². The van der Waals surface area contributed by atoms with E-state index in [-0.39, 0.29) is 18.1 Å². The van der Waals surface area contributed by atoms with Crippen LogP contribution in [-0.4, -0.2) is 28.9 Å². The zero-order valence-corrected chi connectivity index (χ0v) is 11.0. The Morgan fingerprint density at radius 3 is 2.38 bits per heavy atom. The largest absolute Gasteiger partial charge is 0.475 e. The molecule has 0 aliphatic heterocycles. The molecule has 1 aromatic carbocycles. The normalized spacial score (nSPS) is 10.4. The van der Waals surface area contributed by atoms with E-state index >= 15 is 0 Å². The van der Waals surface area contributed by atoms with Crippen LogP contribution in [0.5, 0.6) is 0 Å². The first-order valence-corrected chi connectivity index (χ1v) is 5.91. The van der Waals surface area contributed by atoms with Gasteiger partial charge in [0.25, 0.3) is 5.91 Å². The van der Waals surface area contributed by atoms with Crippen LogP contribution in [0.4, 0.5) is 8.78 Å². The van der Waals surface area contributed by atoms with Crippen LogP contribution >= 0.6 is 0 Å². The summed E-state index contributed by atoms with van der Waals surface area (Å²) in [5, 5.41) is 8.71. The Labute approximate surface area is 118 Å². The van der Waals surface area contributed by atoms with Gasteiger partial charge in [-0.1, -0.05) is 6.07 Å². The van der Waals surface area contributed by atoms with E-state index in [2.05, 4.69) is 0 Å². The summed E-state index contributed by atoms with van der Waals surface area (Å²) >= 11 is 0. The molecule has 1 amide bonds. The average molecular weight is 295 g/mol. The molecule has 0 aliphatic carbocycles. The number of halogens is 2. The van der Waals surface area contributed by atoms with Crippen molar-refractivity contribution in [1.82, 2.24) is 4.90 Å². The molecular weight excluding hydrogens is 284 g/mol. The van der Waals surface area contributed by atoms with Gasteiger partial charge in [-0.05, 0) is 29.8 Å². The number of carbonyl (C=O) groups is 2. The standard InChI is InChI=1S/C14H11F2NO4/c1-17(7-8-2-3-9(15)10(16)6-8)13(18)11-4-5-12(21-11)14(19)20/h2-6H,7H2,1H3,(H,19,20). The minimum atomic E-state index is -1.28. The summed E-state index contributed by atoms with van der Waals surface area (Å²) in [4.78, 5) is 23.9. The lowest BCUT2D eigenvalue weighted by Crippen LogP contribution is -2.25. The molecule has 0 atom stereocenters. The van der Waals surface area contributed by atoms with Gasteiger partial charge in [-0.25, -0.2) is 13.6 Å². The maximum absolute atomic E-state index is 13.1. The third-order valence-corrected chi connectivity index (χ3v) is 2.78. The van der Waals surface area contributed by atoms with E-state index in [4.69, 9.17) is 9.52 Å².